The highest BCUT2D eigenvalue weighted by Gasteiger charge is 2.40. The standard InChI is InChI=1S/C27H30N2O/c1-4-20-15-17-21(18-16-20)27(30)29-24(5-2)19(3)26(23-13-9-10-14-25(23)29)28-22-11-7-6-8-12-22/h6-19,24,26,28H,4-5H2,1-3H3/t19-,24-,26+/m1/s1. The van der Waals surface area contributed by atoms with Gasteiger partial charge in [0.15, 0.2) is 0 Å². The van der Waals surface area contributed by atoms with E-state index in [9.17, 15) is 4.79 Å². The van der Waals surface area contributed by atoms with Crippen LogP contribution in [0.3, 0.4) is 0 Å². The largest absolute Gasteiger partial charge is 0.378 e. The topological polar surface area (TPSA) is 32.3 Å². The third-order valence-corrected chi connectivity index (χ3v) is 6.34. The van der Waals surface area contributed by atoms with Gasteiger partial charge in [-0.15, -0.1) is 0 Å². The van der Waals surface area contributed by atoms with Crippen molar-refractivity contribution >= 4 is 17.3 Å². The monoisotopic (exact) mass is 398 g/mol. The Hall–Kier alpha value is -3.07. The zero-order chi connectivity index (χ0) is 21.1. The number of rotatable bonds is 5. The molecule has 3 atom stereocenters. The predicted molar refractivity (Wildman–Crippen MR) is 125 cm³/mol. The molecule has 1 aliphatic heterocycles. The van der Waals surface area contributed by atoms with E-state index in [4.69, 9.17) is 0 Å². The van der Waals surface area contributed by atoms with Crippen LogP contribution in [-0.4, -0.2) is 11.9 Å². The Bertz CT molecular complexity index is 997. The fourth-order valence-electron chi connectivity index (χ4n) is 4.65. The van der Waals surface area contributed by atoms with Crippen LogP contribution in [0.15, 0.2) is 78.9 Å². The van der Waals surface area contributed by atoms with E-state index in [0.717, 1.165) is 29.8 Å². The van der Waals surface area contributed by atoms with E-state index in [1.165, 1.54) is 11.1 Å². The summed E-state index contributed by atoms with van der Waals surface area (Å²) >= 11 is 0. The minimum atomic E-state index is 0.0852. The summed E-state index contributed by atoms with van der Waals surface area (Å²) in [5, 5.41) is 3.73. The number of fused-ring (bicyclic) bond motifs is 1. The second kappa shape index (κ2) is 8.74. The molecule has 0 aliphatic carbocycles. The molecule has 1 aliphatic rings. The first-order valence-corrected chi connectivity index (χ1v) is 11.0. The van der Waals surface area contributed by atoms with Crippen molar-refractivity contribution in [3.63, 3.8) is 0 Å². The molecule has 1 heterocycles. The molecule has 0 aromatic heterocycles. The van der Waals surface area contributed by atoms with Crippen molar-refractivity contribution in [3.8, 4) is 0 Å². The van der Waals surface area contributed by atoms with Gasteiger partial charge in [-0.3, -0.25) is 4.79 Å². The molecule has 3 aromatic rings. The molecule has 154 valence electrons. The molecule has 1 amide bonds. The smallest absolute Gasteiger partial charge is 0.258 e. The molecule has 30 heavy (non-hydrogen) atoms. The number of carbonyl (C=O) groups excluding carboxylic acids is 1. The Morgan fingerprint density at radius 1 is 0.900 bits per heavy atom. The molecule has 0 spiro atoms. The summed E-state index contributed by atoms with van der Waals surface area (Å²) in [4.78, 5) is 15.7. The first-order chi connectivity index (χ1) is 14.6. The van der Waals surface area contributed by atoms with E-state index in [1.54, 1.807) is 0 Å². The second-order valence-corrected chi connectivity index (χ2v) is 8.11. The maximum Gasteiger partial charge on any atom is 0.258 e. The fourth-order valence-corrected chi connectivity index (χ4v) is 4.65. The maximum atomic E-state index is 13.6. The highest BCUT2D eigenvalue weighted by atomic mass is 16.2. The van der Waals surface area contributed by atoms with Crippen molar-refractivity contribution in [2.24, 2.45) is 5.92 Å². The molecule has 0 fully saturated rings. The van der Waals surface area contributed by atoms with E-state index in [2.05, 4.69) is 80.7 Å². The van der Waals surface area contributed by atoms with Crippen LogP contribution < -0.4 is 10.2 Å². The lowest BCUT2D eigenvalue weighted by Gasteiger charge is -2.45. The zero-order valence-corrected chi connectivity index (χ0v) is 18.0. The lowest BCUT2D eigenvalue weighted by Crippen LogP contribution is -2.50. The van der Waals surface area contributed by atoms with Gasteiger partial charge in [-0.2, -0.15) is 0 Å². The number of benzene rings is 3. The number of nitrogens with zero attached hydrogens (tertiary/aromatic N) is 1. The van der Waals surface area contributed by atoms with Crippen LogP contribution in [0.4, 0.5) is 11.4 Å². The number of amides is 1. The quantitative estimate of drug-likeness (QED) is 0.534. The molecule has 0 bridgehead atoms. The van der Waals surface area contributed by atoms with Crippen LogP contribution in [0.2, 0.25) is 0 Å². The van der Waals surface area contributed by atoms with Crippen molar-refractivity contribution in [1.29, 1.82) is 0 Å². The van der Waals surface area contributed by atoms with Crippen molar-refractivity contribution in [2.75, 3.05) is 10.2 Å². The Balaban J connectivity index is 1.74. The summed E-state index contributed by atoms with van der Waals surface area (Å²) in [6.45, 7) is 6.56. The van der Waals surface area contributed by atoms with Gasteiger partial charge in [-0.25, -0.2) is 0 Å². The molecule has 0 saturated carbocycles. The predicted octanol–water partition coefficient (Wildman–Crippen LogP) is 6.48. The van der Waals surface area contributed by atoms with E-state index < -0.39 is 0 Å². The number of para-hydroxylation sites is 2. The average molecular weight is 399 g/mol. The molecule has 0 unspecified atom stereocenters. The van der Waals surface area contributed by atoms with E-state index in [-0.39, 0.29) is 23.9 Å². The highest BCUT2D eigenvalue weighted by molar-refractivity contribution is 6.07. The van der Waals surface area contributed by atoms with E-state index in [1.807, 2.05) is 29.2 Å². The van der Waals surface area contributed by atoms with Gasteiger partial charge in [0, 0.05) is 28.9 Å². The van der Waals surface area contributed by atoms with Crippen molar-refractivity contribution in [2.45, 2.75) is 45.7 Å². The molecular formula is C27H30N2O. The van der Waals surface area contributed by atoms with Crippen LogP contribution in [0, 0.1) is 5.92 Å². The Labute approximate surface area is 179 Å². The number of hydrogen-bond acceptors (Lipinski definition) is 2. The van der Waals surface area contributed by atoms with E-state index in [0.29, 0.717) is 0 Å². The summed E-state index contributed by atoms with van der Waals surface area (Å²) in [5.74, 6) is 0.353. The normalized spacial score (nSPS) is 20.5. The molecule has 1 N–H and O–H groups in total. The fraction of sp³-hybridized carbons (Fsp3) is 0.296. The molecule has 3 heteroatoms. The Kier molecular flexibility index (Phi) is 5.89. The maximum absolute atomic E-state index is 13.6. The summed E-state index contributed by atoms with van der Waals surface area (Å²) in [6, 6.07) is 27.0. The SMILES string of the molecule is CCc1ccc(C(=O)N2c3ccccc3[C@@H](Nc3ccccc3)[C@H](C)[C@H]2CC)cc1. The Morgan fingerprint density at radius 3 is 2.23 bits per heavy atom. The lowest BCUT2D eigenvalue weighted by atomic mass is 9.80. The van der Waals surface area contributed by atoms with Crippen molar-refractivity contribution < 1.29 is 4.79 Å². The first kappa shape index (κ1) is 20.2. The molecule has 0 radical (unpaired) electrons. The third-order valence-electron chi connectivity index (χ3n) is 6.34. The number of carbonyl (C=O) groups is 1. The van der Waals surface area contributed by atoms with Gasteiger partial charge in [0.05, 0.1) is 6.04 Å². The lowest BCUT2D eigenvalue weighted by molar-refractivity contribution is 0.0960. The Morgan fingerprint density at radius 2 is 1.57 bits per heavy atom. The second-order valence-electron chi connectivity index (χ2n) is 8.11. The van der Waals surface area contributed by atoms with Crippen LogP contribution in [0.25, 0.3) is 0 Å². The number of aryl methyl sites for hydroxylation is 1. The number of nitrogens with one attached hydrogen (secondary N) is 1. The van der Waals surface area contributed by atoms with Crippen LogP contribution in [0.1, 0.15) is 54.7 Å². The van der Waals surface area contributed by atoms with Gasteiger partial charge in [-0.05, 0) is 54.3 Å². The summed E-state index contributed by atoms with van der Waals surface area (Å²) < 4.78 is 0. The molecular weight excluding hydrogens is 368 g/mol. The molecule has 3 aromatic carbocycles. The number of anilines is 2. The first-order valence-electron chi connectivity index (χ1n) is 11.0. The average Bonchev–Trinajstić information content (AvgIpc) is 2.80. The van der Waals surface area contributed by atoms with Crippen molar-refractivity contribution in [3.05, 3.63) is 95.6 Å². The van der Waals surface area contributed by atoms with Crippen LogP contribution in [0.5, 0.6) is 0 Å². The number of hydrogen-bond donors (Lipinski definition) is 1. The zero-order valence-electron chi connectivity index (χ0n) is 18.0. The van der Waals surface area contributed by atoms with E-state index >= 15 is 0 Å². The highest BCUT2D eigenvalue weighted by Crippen LogP contribution is 2.43. The minimum absolute atomic E-state index is 0.0852. The summed E-state index contributed by atoms with van der Waals surface area (Å²) in [5.41, 5.74) is 5.30. The van der Waals surface area contributed by atoms with Crippen LogP contribution >= 0.6 is 0 Å². The van der Waals surface area contributed by atoms with Gasteiger partial charge < -0.3 is 10.2 Å². The van der Waals surface area contributed by atoms with Gasteiger partial charge in [-0.1, -0.05) is 69.3 Å². The van der Waals surface area contributed by atoms with Gasteiger partial charge in [0.25, 0.3) is 5.91 Å². The van der Waals surface area contributed by atoms with Crippen LogP contribution in [-0.2, 0) is 6.42 Å². The van der Waals surface area contributed by atoms with Gasteiger partial charge in [0.2, 0.25) is 0 Å². The molecule has 4 rings (SSSR count). The third kappa shape index (κ3) is 3.72. The minimum Gasteiger partial charge on any atom is -0.378 e. The summed E-state index contributed by atoms with van der Waals surface area (Å²) in [7, 11) is 0. The van der Waals surface area contributed by atoms with Gasteiger partial charge >= 0.3 is 0 Å². The molecule has 3 nitrogen and oxygen atoms in total. The van der Waals surface area contributed by atoms with Crippen molar-refractivity contribution in [1.82, 2.24) is 0 Å². The van der Waals surface area contributed by atoms with Gasteiger partial charge in [0.1, 0.15) is 0 Å². The summed E-state index contributed by atoms with van der Waals surface area (Å²) in [6.07, 6.45) is 1.88. The molecule has 0 saturated heterocycles.